The van der Waals surface area contributed by atoms with E-state index in [-0.39, 0.29) is 4.90 Å². The Labute approximate surface area is 141 Å². The minimum absolute atomic E-state index is 0.0996. The summed E-state index contributed by atoms with van der Waals surface area (Å²) in [6.07, 6.45) is 2.73. The van der Waals surface area contributed by atoms with Gasteiger partial charge in [0, 0.05) is 19.0 Å². The van der Waals surface area contributed by atoms with E-state index in [0.29, 0.717) is 37.7 Å². The van der Waals surface area contributed by atoms with Crippen molar-refractivity contribution in [2.45, 2.75) is 36.6 Å². The van der Waals surface area contributed by atoms with E-state index in [1.165, 1.54) is 23.5 Å². The van der Waals surface area contributed by atoms with Crippen molar-refractivity contribution >= 4 is 16.0 Å². The van der Waals surface area contributed by atoms with Gasteiger partial charge in [0.15, 0.2) is 11.5 Å². The van der Waals surface area contributed by atoms with Crippen molar-refractivity contribution in [3.05, 3.63) is 18.2 Å². The molecule has 0 saturated carbocycles. The van der Waals surface area contributed by atoms with Crippen molar-refractivity contribution in [1.29, 1.82) is 0 Å². The van der Waals surface area contributed by atoms with Crippen LogP contribution in [0.4, 0.5) is 0 Å². The van der Waals surface area contributed by atoms with Crippen LogP contribution in [0.5, 0.6) is 11.5 Å². The summed E-state index contributed by atoms with van der Waals surface area (Å²) in [6, 6.07) is 3.79. The molecule has 1 saturated heterocycles. The van der Waals surface area contributed by atoms with Crippen molar-refractivity contribution < 1.29 is 27.4 Å². The number of hydrogen-bond acceptors (Lipinski definition) is 6. The van der Waals surface area contributed by atoms with Crippen molar-refractivity contribution in [2.75, 3.05) is 26.9 Å². The molecular formula is C16H21NO6S. The number of nitrogens with zero attached hydrogens (tertiary/aromatic N) is 1. The molecule has 2 aliphatic heterocycles. The molecule has 1 atom stereocenters. The highest BCUT2D eigenvalue weighted by Gasteiger charge is 2.38. The summed E-state index contributed by atoms with van der Waals surface area (Å²) >= 11 is 0. The molecule has 1 aromatic carbocycles. The SMILES string of the molecule is COC(=O)[C@@H]1CCCCN1S(=O)(=O)c1ccc2c(c1)OCCCO2. The lowest BCUT2D eigenvalue weighted by atomic mass is 10.1. The van der Waals surface area contributed by atoms with Crippen LogP contribution < -0.4 is 9.47 Å². The molecule has 8 heteroatoms. The second-order valence-electron chi connectivity index (χ2n) is 5.81. The summed E-state index contributed by atoms with van der Waals surface area (Å²) in [5.41, 5.74) is 0. The predicted octanol–water partition coefficient (Wildman–Crippen LogP) is 1.56. The molecule has 1 fully saturated rings. The summed E-state index contributed by atoms with van der Waals surface area (Å²) in [7, 11) is -2.54. The lowest BCUT2D eigenvalue weighted by Gasteiger charge is -2.32. The van der Waals surface area contributed by atoms with Crippen LogP contribution in [0.15, 0.2) is 23.1 Å². The van der Waals surface area contributed by atoms with E-state index in [0.717, 1.165) is 19.3 Å². The lowest BCUT2D eigenvalue weighted by Crippen LogP contribution is -2.48. The van der Waals surface area contributed by atoms with E-state index in [1.807, 2.05) is 0 Å². The average molecular weight is 355 g/mol. The molecule has 1 aromatic rings. The van der Waals surface area contributed by atoms with Crippen LogP contribution in [-0.4, -0.2) is 51.6 Å². The van der Waals surface area contributed by atoms with Gasteiger partial charge in [-0.05, 0) is 31.4 Å². The molecule has 0 unspecified atom stereocenters. The molecule has 0 N–H and O–H groups in total. The molecule has 0 amide bonds. The van der Waals surface area contributed by atoms with Gasteiger partial charge in [-0.25, -0.2) is 8.42 Å². The maximum absolute atomic E-state index is 13.0. The van der Waals surface area contributed by atoms with E-state index in [2.05, 4.69) is 0 Å². The number of esters is 1. The number of piperidine rings is 1. The van der Waals surface area contributed by atoms with Crippen molar-refractivity contribution in [3.8, 4) is 11.5 Å². The topological polar surface area (TPSA) is 82.1 Å². The first-order chi connectivity index (χ1) is 11.5. The summed E-state index contributed by atoms with van der Waals surface area (Å²) < 4.78 is 43.1. The number of carbonyl (C=O) groups excluding carboxylic acids is 1. The minimum atomic E-state index is -3.81. The van der Waals surface area contributed by atoms with Gasteiger partial charge in [-0.2, -0.15) is 4.31 Å². The van der Waals surface area contributed by atoms with Crippen LogP contribution in [-0.2, 0) is 19.6 Å². The normalized spacial score (nSPS) is 21.8. The molecule has 0 radical (unpaired) electrons. The number of methoxy groups -OCH3 is 1. The molecule has 24 heavy (non-hydrogen) atoms. The maximum Gasteiger partial charge on any atom is 0.324 e. The monoisotopic (exact) mass is 355 g/mol. The Morgan fingerprint density at radius 3 is 2.67 bits per heavy atom. The van der Waals surface area contributed by atoms with Crippen LogP contribution in [0.3, 0.4) is 0 Å². The number of sulfonamides is 1. The Hall–Kier alpha value is -1.80. The first-order valence-electron chi connectivity index (χ1n) is 8.03. The van der Waals surface area contributed by atoms with Gasteiger partial charge in [-0.1, -0.05) is 0 Å². The summed E-state index contributed by atoms with van der Waals surface area (Å²) in [4.78, 5) is 12.1. The Morgan fingerprint density at radius 2 is 1.92 bits per heavy atom. The number of hydrogen-bond donors (Lipinski definition) is 0. The van der Waals surface area contributed by atoms with Gasteiger partial charge in [0.1, 0.15) is 6.04 Å². The molecule has 0 spiro atoms. The molecule has 2 heterocycles. The molecule has 0 aliphatic carbocycles. The fraction of sp³-hybridized carbons (Fsp3) is 0.562. The van der Waals surface area contributed by atoms with Crippen LogP contribution in [0.1, 0.15) is 25.7 Å². The highest BCUT2D eigenvalue weighted by atomic mass is 32.2. The van der Waals surface area contributed by atoms with Gasteiger partial charge in [0.2, 0.25) is 10.0 Å². The van der Waals surface area contributed by atoms with Gasteiger partial charge in [0.25, 0.3) is 0 Å². The van der Waals surface area contributed by atoms with Crippen LogP contribution in [0, 0.1) is 0 Å². The van der Waals surface area contributed by atoms with Crippen LogP contribution in [0.2, 0.25) is 0 Å². The van der Waals surface area contributed by atoms with Gasteiger partial charge < -0.3 is 14.2 Å². The third kappa shape index (κ3) is 3.21. The number of rotatable bonds is 3. The van der Waals surface area contributed by atoms with Crippen molar-refractivity contribution in [1.82, 2.24) is 4.31 Å². The standard InChI is InChI=1S/C16H21NO6S/c1-21-16(18)13-5-2-3-8-17(13)24(19,20)12-6-7-14-15(11-12)23-10-4-9-22-14/h6-7,11,13H,2-5,8-10H2,1H3/t13-/m0/s1. The molecule has 0 bridgehead atoms. The lowest BCUT2D eigenvalue weighted by molar-refractivity contribution is -0.146. The molecule has 0 aromatic heterocycles. The van der Waals surface area contributed by atoms with Gasteiger partial charge in [-0.15, -0.1) is 0 Å². The van der Waals surface area contributed by atoms with E-state index in [1.54, 1.807) is 6.07 Å². The van der Waals surface area contributed by atoms with E-state index in [9.17, 15) is 13.2 Å². The molecule has 132 valence electrons. The predicted molar refractivity (Wildman–Crippen MR) is 85.6 cm³/mol. The first-order valence-corrected chi connectivity index (χ1v) is 9.47. The Balaban J connectivity index is 1.94. The summed E-state index contributed by atoms with van der Waals surface area (Å²) in [5.74, 6) is 0.433. The van der Waals surface area contributed by atoms with Crippen molar-refractivity contribution in [2.24, 2.45) is 0 Å². The fourth-order valence-corrected chi connectivity index (χ4v) is 4.67. The highest BCUT2D eigenvalue weighted by Crippen LogP contribution is 2.34. The average Bonchev–Trinajstić information content (AvgIpc) is 2.85. The van der Waals surface area contributed by atoms with Gasteiger partial charge in [-0.3, -0.25) is 4.79 Å². The first kappa shape index (κ1) is 17.0. The third-order valence-electron chi connectivity index (χ3n) is 4.25. The number of benzene rings is 1. The Bertz CT molecular complexity index is 717. The van der Waals surface area contributed by atoms with E-state index < -0.39 is 22.0 Å². The summed E-state index contributed by atoms with van der Waals surface area (Å²) in [5, 5.41) is 0. The molecule has 2 aliphatic rings. The number of ether oxygens (including phenoxy) is 3. The maximum atomic E-state index is 13.0. The van der Waals surface area contributed by atoms with Crippen molar-refractivity contribution in [3.63, 3.8) is 0 Å². The Morgan fingerprint density at radius 1 is 1.17 bits per heavy atom. The third-order valence-corrected chi connectivity index (χ3v) is 6.16. The zero-order chi connectivity index (χ0) is 17.2. The summed E-state index contributed by atoms with van der Waals surface area (Å²) in [6.45, 7) is 1.32. The van der Waals surface area contributed by atoms with Crippen LogP contribution in [0.25, 0.3) is 0 Å². The molecule has 3 rings (SSSR count). The number of fused-ring (bicyclic) bond motifs is 1. The molecular weight excluding hydrogens is 334 g/mol. The zero-order valence-corrected chi connectivity index (χ0v) is 14.4. The Kier molecular flexibility index (Phi) is 4.96. The van der Waals surface area contributed by atoms with E-state index >= 15 is 0 Å². The molecule has 7 nitrogen and oxygen atoms in total. The fourth-order valence-electron chi connectivity index (χ4n) is 3.00. The zero-order valence-electron chi connectivity index (χ0n) is 13.6. The van der Waals surface area contributed by atoms with Crippen LogP contribution >= 0.6 is 0 Å². The smallest absolute Gasteiger partial charge is 0.324 e. The quantitative estimate of drug-likeness (QED) is 0.766. The second-order valence-corrected chi connectivity index (χ2v) is 7.70. The highest BCUT2D eigenvalue weighted by molar-refractivity contribution is 7.89. The van der Waals surface area contributed by atoms with E-state index in [4.69, 9.17) is 14.2 Å². The van der Waals surface area contributed by atoms with Gasteiger partial charge >= 0.3 is 5.97 Å². The minimum Gasteiger partial charge on any atom is -0.490 e. The second kappa shape index (κ2) is 6.98. The number of carbonyl (C=O) groups is 1. The largest absolute Gasteiger partial charge is 0.490 e. The van der Waals surface area contributed by atoms with Gasteiger partial charge in [0.05, 0.1) is 25.2 Å².